The van der Waals surface area contributed by atoms with Crippen molar-refractivity contribution in [1.82, 2.24) is 9.97 Å². The van der Waals surface area contributed by atoms with Crippen LogP contribution in [0.2, 0.25) is 0 Å². The topological polar surface area (TPSA) is 66.9 Å². The summed E-state index contributed by atoms with van der Waals surface area (Å²) < 4.78 is 0. The first kappa shape index (κ1) is 17.2. The summed E-state index contributed by atoms with van der Waals surface area (Å²) >= 11 is 0. The summed E-state index contributed by atoms with van der Waals surface area (Å²) in [5, 5.41) is 6.31. The van der Waals surface area contributed by atoms with Gasteiger partial charge < -0.3 is 10.6 Å². The Labute approximate surface area is 158 Å². The van der Waals surface area contributed by atoms with E-state index in [-0.39, 0.29) is 5.91 Å². The molecule has 136 valence electrons. The first-order chi connectivity index (χ1) is 13.1. The van der Waals surface area contributed by atoms with E-state index >= 15 is 0 Å². The van der Waals surface area contributed by atoms with E-state index in [0.717, 1.165) is 29.7 Å². The molecule has 1 aliphatic carbocycles. The minimum Gasteiger partial charge on any atom is -0.367 e. The quantitative estimate of drug-likeness (QED) is 0.700. The van der Waals surface area contributed by atoms with Gasteiger partial charge in [0, 0.05) is 23.4 Å². The van der Waals surface area contributed by atoms with Gasteiger partial charge in [0.15, 0.2) is 5.82 Å². The van der Waals surface area contributed by atoms with E-state index in [1.807, 2.05) is 62.4 Å². The molecule has 0 spiro atoms. The Morgan fingerprint density at radius 3 is 2.44 bits per heavy atom. The number of rotatable bonds is 5. The molecule has 0 radical (unpaired) electrons. The normalized spacial score (nSPS) is 13.3. The minimum atomic E-state index is -0.239. The van der Waals surface area contributed by atoms with Crippen LogP contribution in [0.3, 0.4) is 0 Å². The zero-order valence-corrected chi connectivity index (χ0v) is 15.5. The fourth-order valence-electron chi connectivity index (χ4n) is 2.80. The van der Waals surface area contributed by atoms with E-state index in [9.17, 15) is 4.79 Å². The van der Waals surface area contributed by atoms with Gasteiger partial charge in [-0.15, -0.1) is 0 Å². The van der Waals surface area contributed by atoms with E-state index in [2.05, 4.69) is 20.6 Å². The average molecular weight is 358 g/mol. The van der Waals surface area contributed by atoms with Crippen molar-refractivity contribution in [3.8, 4) is 11.4 Å². The van der Waals surface area contributed by atoms with Crippen molar-refractivity contribution in [2.75, 3.05) is 10.6 Å². The Kier molecular flexibility index (Phi) is 4.59. The number of hydrogen-bond acceptors (Lipinski definition) is 4. The third-order valence-electron chi connectivity index (χ3n) is 4.68. The van der Waals surface area contributed by atoms with Gasteiger partial charge in [-0.2, -0.15) is 0 Å². The minimum absolute atomic E-state index is 0.239. The second-order valence-electron chi connectivity index (χ2n) is 7.00. The smallest absolute Gasteiger partial charge is 0.274 e. The number of benzene rings is 2. The number of carbonyl (C=O) groups is 1. The van der Waals surface area contributed by atoms with Crippen LogP contribution in [0.25, 0.3) is 11.4 Å². The van der Waals surface area contributed by atoms with Gasteiger partial charge in [0.1, 0.15) is 11.5 Å². The van der Waals surface area contributed by atoms with Gasteiger partial charge in [-0.05, 0) is 49.9 Å². The monoisotopic (exact) mass is 358 g/mol. The molecule has 27 heavy (non-hydrogen) atoms. The molecule has 5 heteroatoms. The zero-order chi connectivity index (χ0) is 18.8. The van der Waals surface area contributed by atoms with Crippen molar-refractivity contribution >= 4 is 17.4 Å². The van der Waals surface area contributed by atoms with Crippen molar-refractivity contribution in [3.05, 3.63) is 71.4 Å². The van der Waals surface area contributed by atoms with Gasteiger partial charge in [-0.3, -0.25) is 4.79 Å². The van der Waals surface area contributed by atoms with E-state index in [4.69, 9.17) is 0 Å². The SMILES string of the molecule is Cc1ccc(NC(=O)c2cc(NC3CC3)nc(-c3ccccc3)n2)cc1C. The lowest BCUT2D eigenvalue weighted by Crippen LogP contribution is -2.16. The van der Waals surface area contributed by atoms with Crippen molar-refractivity contribution < 1.29 is 4.79 Å². The number of anilines is 2. The van der Waals surface area contributed by atoms with Gasteiger partial charge in [-0.1, -0.05) is 36.4 Å². The molecule has 0 unspecified atom stereocenters. The molecule has 0 bridgehead atoms. The highest BCUT2D eigenvalue weighted by Crippen LogP contribution is 2.26. The fraction of sp³-hybridized carbons (Fsp3) is 0.227. The second-order valence-corrected chi connectivity index (χ2v) is 7.00. The summed E-state index contributed by atoms with van der Waals surface area (Å²) in [5.74, 6) is 1.000. The Hall–Kier alpha value is -3.21. The lowest BCUT2D eigenvalue weighted by molar-refractivity contribution is 0.102. The lowest BCUT2D eigenvalue weighted by Gasteiger charge is -2.11. The summed E-state index contributed by atoms with van der Waals surface area (Å²) in [6.07, 6.45) is 2.27. The Balaban J connectivity index is 1.65. The van der Waals surface area contributed by atoms with Crippen LogP contribution in [-0.4, -0.2) is 21.9 Å². The molecule has 1 fully saturated rings. The molecule has 0 aliphatic heterocycles. The molecule has 0 atom stereocenters. The second kappa shape index (κ2) is 7.19. The van der Waals surface area contributed by atoms with Gasteiger partial charge in [0.25, 0.3) is 5.91 Å². The molecule has 1 aromatic heterocycles. The average Bonchev–Trinajstić information content (AvgIpc) is 3.49. The van der Waals surface area contributed by atoms with Gasteiger partial charge in [0.05, 0.1) is 0 Å². The van der Waals surface area contributed by atoms with Crippen molar-refractivity contribution in [1.29, 1.82) is 0 Å². The number of hydrogen-bond donors (Lipinski definition) is 2. The highest BCUT2D eigenvalue weighted by atomic mass is 16.1. The summed E-state index contributed by atoms with van der Waals surface area (Å²) in [6, 6.07) is 17.8. The van der Waals surface area contributed by atoms with Crippen LogP contribution in [-0.2, 0) is 0 Å². The Morgan fingerprint density at radius 1 is 0.963 bits per heavy atom. The molecule has 2 aromatic carbocycles. The van der Waals surface area contributed by atoms with Crippen LogP contribution >= 0.6 is 0 Å². The summed E-state index contributed by atoms with van der Waals surface area (Å²) in [7, 11) is 0. The predicted octanol–water partition coefficient (Wildman–Crippen LogP) is 4.59. The highest BCUT2D eigenvalue weighted by molar-refractivity contribution is 6.03. The van der Waals surface area contributed by atoms with Gasteiger partial charge >= 0.3 is 0 Å². The molecule has 0 saturated heterocycles. The van der Waals surface area contributed by atoms with E-state index in [1.165, 1.54) is 5.56 Å². The maximum atomic E-state index is 12.8. The molecule has 1 heterocycles. The van der Waals surface area contributed by atoms with Gasteiger partial charge in [0.2, 0.25) is 0 Å². The van der Waals surface area contributed by atoms with Crippen LogP contribution in [0, 0.1) is 13.8 Å². The maximum absolute atomic E-state index is 12.8. The summed E-state index contributed by atoms with van der Waals surface area (Å²) in [4.78, 5) is 21.9. The highest BCUT2D eigenvalue weighted by Gasteiger charge is 2.23. The van der Waals surface area contributed by atoms with Crippen LogP contribution in [0.1, 0.15) is 34.5 Å². The molecule has 4 rings (SSSR count). The van der Waals surface area contributed by atoms with E-state index in [0.29, 0.717) is 23.4 Å². The number of carbonyl (C=O) groups excluding carboxylic acids is 1. The third-order valence-corrected chi connectivity index (χ3v) is 4.68. The molecule has 2 N–H and O–H groups in total. The molecule has 1 amide bonds. The first-order valence-electron chi connectivity index (χ1n) is 9.18. The molecule has 1 aliphatic rings. The fourth-order valence-corrected chi connectivity index (χ4v) is 2.80. The van der Waals surface area contributed by atoms with E-state index in [1.54, 1.807) is 6.07 Å². The lowest BCUT2D eigenvalue weighted by atomic mass is 10.1. The van der Waals surface area contributed by atoms with Crippen LogP contribution < -0.4 is 10.6 Å². The summed E-state index contributed by atoms with van der Waals surface area (Å²) in [5.41, 5.74) is 4.33. The zero-order valence-electron chi connectivity index (χ0n) is 15.5. The standard InChI is InChI=1S/C22H22N4O/c1-14-8-9-18(12-15(14)2)24-22(27)19-13-20(23-17-10-11-17)26-21(25-19)16-6-4-3-5-7-16/h3-9,12-13,17H,10-11H2,1-2H3,(H,24,27)(H,23,25,26). The Bertz CT molecular complexity index is 981. The Morgan fingerprint density at radius 2 is 1.74 bits per heavy atom. The van der Waals surface area contributed by atoms with E-state index < -0.39 is 0 Å². The maximum Gasteiger partial charge on any atom is 0.274 e. The number of aryl methyl sites for hydroxylation is 2. The number of aromatic nitrogens is 2. The first-order valence-corrected chi connectivity index (χ1v) is 9.18. The predicted molar refractivity (Wildman–Crippen MR) is 108 cm³/mol. The molecule has 3 aromatic rings. The van der Waals surface area contributed by atoms with Gasteiger partial charge in [-0.25, -0.2) is 9.97 Å². The number of amides is 1. The van der Waals surface area contributed by atoms with Crippen molar-refractivity contribution in [2.45, 2.75) is 32.7 Å². The largest absolute Gasteiger partial charge is 0.367 e. The van der Waals surface area contributed by atoms with Crippen LogP contribution in [0.4, 0.5) is 11.5 Å². The van der Waals surface area contributed by atoms with Crippen LogP contribution in [0.15, 0.2) is 54.6 Å². The number of nitrogens with zero attached hydrogens (tertiary/aromatic N) is 2. The van der Waals surface area contributed by atoms with Crippen LogP contribution in [0.5, 0.6) is 0 Å². The molecule has 1 saturated carbocycles. The third kappa shape index (κ3) is 4.14. The molecule has 5 nitrogen and oxygen atoms in total. The number of nitrogens with one attached hydrogen (secondary N) is 2. The van der Waals surface area contributed by atoms with Crippen molar-refractivity contribution in [3.63, 3.8) is 0 Å². The molecular formula is C22H22N4O. The molecular weight excluding hydrogens is 336 g/mol. The summed E-state index contributed by atoms with van der Waals surface area (Å²) in [6.45, 7) is 4.08. The van der Waals surface area contributed by atoms with Crippen molar-refractivity contribution in [2.24, 2.45) is 0 Å².